The summed E-state index contributed by atoms with van der Waals surface area (Å²) in [6.45, 7) is 0. The van der Waals surface area contributed by atoms with E-state index in [4.69, 9.17) is 10.5 Å². The van der Waals surface area contributed by atoms with Gasteiger partial charge in [-0.1, -0.05) is 6.42 Å². The first-order valence-electron chi connectivity index (χ1n) is 5.42. The van der Waals surface area contributed by atoms with E-state index in [1.807, 2.05) is 0 Å². The summed E-state index contributed by atoms with van der Waals surface area (Å²) in [6.07, 6.45) is 3.84. The summed E-state index contributed by atoms with van der Waals surface area (Å²) in [7, 11) is 0. The quantitative estimate of drug-likeness (QED) is 0.801. The van der Waals surface area contributed by atoms with Crippen LogP contribution in [0.4, 0.5) is 10.1 Å². The molecule has 2 atom stereocenters. The third-order valence-electron chi connectivity index (χ3n) is 2.76. The average Bonchev–Trinajstić information content (AvgIpc) is 2.25. The minimum atomic E-state index is -0.585. The normalized spacial score (nSPS) is 25.4. The summed E-state index contributed by atoms with van der Waals surface area (Å²) < 4.78 is 18.7. The zero-order valence-corrected chi connectivity index (χ0v) is 8.90. The van der Waals surface area contributed by atoms with Crippen LogP contribution < -0.4 is 10.5 Å². The van der Waals surface area contributed by atoms with Gasteiger partial charge < -0.3 is 15.6 Å². The van der Waals surface area contributed by atoms with Crippen LogP contribution in [-0.4, -0.2) is 22.3 Å². The molecule has 1 unspecified atom stereocenters. The molecule has 0 bridgehead atoms. The fourth-order valence-corrected chi connectivity index (χ4v) is 1.89. The first kappa shape index (κ1) is 11.1. The number of hydrogen-bond acceptors (Lipinski definition) is 4. The van der Waals surface area contributed by atoms with Crippen molar-refractivity contribution in [3.63, 3.8) is 0 Å². The molecule has 88 valence electrons. The molecular formula is C11H15FN2O2. The second-order valence-corrected chi connectivity index (χ2v) is 4.06. The molecule has 2 rings (SSSR count). The van der Waals surface area contributed by atoms with Crippen LogP contribution in [-0.2, 0) is 0 Å². The Hall–Kier alpha value is -1.36. The molecular weight excluding hydrogens is 211 g/mol. The summed E-state index contributed by atoms with van der Waals surface area (Å²) >= 11 is 0. The van der Waals surface area contributed by atoms with Crippen LogP contribution in [0.5, 0.6) is 5.88 Å². The lowest BCUT2D eigenvalue weighted by Crippen LogP contribution is -2.35. The maximum Gasteiger partial charge on any atom is 0.250 e. The summed E-state index contributed by atoms with van der Waals surface area (Å²) in [4.78, 5) is 3.77. The second kappa shape index (κ2) is 4.65. The van der Waals surface area contributed by atoms with E-state index in [2.05, 4.69) is 4.98 Å². The van der Waals surface area contributed by atoms with Crippen molar-refractivity contribution in [3.8, 4) is 5.88 Å². The number of aliphatic hydroxyl groups is 1. The molecule has 4 nitrogen and oxygen atoms in total. The summed E-state index contributed by atoms with van der Waals surface area (Å²) in [6, 6.07) is 1.16. The van der Waals surface area contributed by atoms with Gasteiger partial charge in [0.25, 0.3) is 5.88 Å². The van der Waals surface area contributed by atoms with E-state index in [1.165, 1.54) is 6.20 Å². The van der Waals surface area contributed by atoms with E-state index in [1.54, 1.807) is 0 Å². The number of aliphatic hydroxyl groups excluding tert-OH is 1. The number of anilines is 1. The molecule has 1 aromatic heterocycles. The Balaban J connectivity index is 2.07. The number of nitrogens with zero attached hydrogens (tertiary/aromatic N) is 1. The van der Waals surface area contributed by atoms with Crippen LogP contribution in [0.25, 0.3) is 0 Å². The lowest BCUT2D eigenvalue weighted by atomic mass is 9.95. The van der Waals surface area contributed by atoms with E-state index in [0.29, 0.717) is 6.42 Å². The third kappa shape index (κ3) is 2.41. The molecule has 0 radical (unpaired) electrons. The van der Waals surface area contributed by atoms with Crippen molar-refractivity contribution in [2.75, 3.05) is 5.73 Å². The van der Waals surface area contributed by atoms with Gasteiger partial charge in [-0.15, -0.1) is 0 Å². The SMILES string of the molecule is Nc1cnc(OC2CCCC[C@H]2O)c(F)c1. The number of nitrogen functional groups attached to an aromatic ring is 1. The highest BCUT2D eigenvalue weighted by molar-refractivity contribution is 5.37. The van der Waals surface area contributed by atoms with E-state index in [-0.39, 0.29) is 17.7 Å². The van der Waals surface area contributed by atoms with Gasteiger partial charge in [-0.3, -0.25) is 0 Å². The number of ether oxygens (including phenoxy) is 1. The zero-order valence-electron chi connectivity index (χ0n) is 8.90. The van der Waals surface area contributed by atoms with E-state index in [0.717, 1.165) is 25.3 Å². The Morgan fingerprint density at radius 1 is 1.44 bits per heavy atom. The molecule has 0 saturated heterocycles. The number of halogens is 1. The average molecular weight is 226 g/mol. The fraction of sp³-hybridized carbons (Fsp3) is 0.545. The van der Waals surface area contributed by atoms with Gasteiger partial charge in [0.15, 0.2) is 5.82 Å². The number of pyridine rings is 1. The van der Waals surface area contributed by atoms with Crippen molar-refractivity contribution in [1.29, 1.82) is 0 Å². The topological polar surface area (TPSA) is 68.4 Å². The Morgan fingerprint density at radius 2 is 2.19 bits per heavy atom. The Morgan fingerprint density at radius 3 is 2.88 bits per heavy atom. The van der Waals surface area contributed by atoms with Crippen molar-refractivity contribution in [2.24, 2.45) is 0 Å². The maximum absolute atomic E-state index is 13.4. The lowest BCUT2D eigenvalue weighted by Gasteiger charge is -2.27. The summed E-state index contributed by atoms with van der Waals surface area (Å²) in [5, 5.41) is 9.68. The molecule has 0 aromatic carbocycles. The van der Waals surface area contributed by atoms with Crippen molar-refractivity contribution >= 4 is 5.69 Å². The Kier molecular flexibility index (Phi) is 3.24. The van der Waals surface area contributed by atoms with Crippen molar-refractivity contribution < 1.29 is 14.2 Å². The van der Waals surface area contributed by atoms with E-state index < -0.39 is 11.9 Å². The van der Waals surface area contributed by atoms with Gasteiger partial charge in [-0.05, 0) is 19.3 Å². The predicted molar refractivity (Wildman–Crippen MR) is 57.5 cm³/mol. The first-order chi connectivity index (χ1) is 7.66. The summed E-state index contributed by atoms with van der Waals surface area (Å²) in [5.41, 5.74) is 5.64. The molecule has 3 N–H and O–H groups in total. The number of nitrogens with two attached hydrogens (primary N) is 1. The van der Waals surface area contributed by atoms with Gasteiger partial charge in [-0.25, -0.2) is 9.37 Å². The van der Waals surface area contributed by atoms with Gasteiger partial charge in [0.2, 0.25) is 0 Å². The van der Waals surface area contributed by atoms with Crippen molar-refractivity contribution in [2.45, 2.75) is 37.9 Å². The lowest BCUT2D eigenvalue weighted by molar-refractivity contribution is 0.00247. The third-order valence-corrected chi connectivity index (χ3v) is 2.76. The van der Waals surface area contributed by atoms with Crippen LogP contribution >= 0.6 is 0 Å². The van der Waals surface area contributed by atoms with Gasteiger partial charge in [-0.2, -0.15) is 0 Å². The van der Waals surface area contributed by atoms with E-state index in [9.17, 15) is 9.50 Å². The minimum Gasteiger partial charge on any atom is -0.470 e. The minimum absolute atomic E-state index is 0.0832. The highest BCUT2D eigenvalue weighted by Crippen LogP contribution is 2.24. The predicted octanol–water partition coefficient (Wildman–Crippen LogP) is 1.49. The first-order valence-corrected chi connectivity index (χ1v) is 5.42. The van der Waals surface area contributed by atoms with Gasteiger partial charge >= 0.3 is 0 Å². The smallest absolute Gasteiger partial charge is 0.250 e. The van der Waals surface area contributed by atoms with Crippen LogP contribution in [0.1, 0.15) is 25.7 Å². The maximum atomic E-state index is 13.4. The van der Waals surface area contributed by atoms with Gasteiger partial charge in [0.05, 0.1) is 18.0 Å². The largest absolute Gasteiger partial charge is 0.470 e. The molecule has 16 heavy (non-hydrogen) atoms. The van der Waals surface area contributed by atoms with Crippen LogP contribution in [0.3, 0.4) is 0 Å². The standard InChI is InChI=1S/C11H15FN2O2/c12-8-5-7(13)6-14-11(8)16-10-4-2-1-3-9(10)15/h5-6,9-10,15H,1-4,13H2/t9-,10?/m1/s1. The molecule has 1 heterocycles. The molecule has 1 fully saturated rings. The molecule has 1 aliphatic rings. The number of hydrogen-bond donors (Lipinski definition) is 2. The Labute approximate surface area is 93.2 Å². The highest BCUT2D eigenvalue weighted by Gasteiger charge is 2.25. The van der Waals surface area contributed by atoms with E-state index >= 15 is 0 Å². The molecule has 1 aliphatic carbocycles. The number of aromatic nitrogens is 1. The molecule has 0 amide bonds. The van der Waals surface area contributed by atoms with Gasteiger partial charge in [0.1, 0.15) is 6.10 Å². The second-order valence-electron chi connectivity index (χ2n) is 4.06. The van der Waals surface area contributed by atoms with Crippen LogP contribution in [0.2, 0.25) is 0 Å². The molecule has 5 heteroatoms. The number of rotatable bonds is 2. The van der Waals surface area contributed by atoms with Crippen molar-refractivity contribution in [1.82, 2.24) is 4.98 Å². The molecule has 1 saturated carbocycles. The highest BCUT2D eigenvalue weighted by atomic mass is 19.1. The van der Waals surface area contributed by atoms with Crippen molar-refractivity contribution in [3.05, 3.63) is 18.1 Å². The van der Waals surface area contributed by atoms with Gasteiger partial charge in [0, 0.05) is 6.07 Å². The van der Waals surface area contributed by atoms with Crippen LogP contribution in [0, 0.1) is 5.82 Å². The fourth-order valence-electron chi connectivity index (χ4n) is 1.89. The molecule has 1 aromatic rings. The monoisotopic (exact) mass is 226 g/mol. The summed E-state index contributed by atoms with van der Waals surface area (Å²) in [5.74, 6) is -0.669. The Bertz CT molecular complexity index is 373. The zero-order chi connectivity index (χ0) is 11.5. The molecule has 0 spiro atoms. The molecule has 0 aliphatic heterocycles. The van der Waals surface area contributed by atoms with Crippen LogP contribution in [0.15, 0.2) is 12.3 Å².